The third-order valence-corrected chi connectivity index (χ3v) is 15.0. The Bertz CT molecular complexity index is 2220. The van der Waals surface area contributed by atoms with Gasteiger partial charge in [-0.05, 0) is 152 Å². The van der Waals surface area contributed by atoms with E-state index in [-0.39, 0.29) is 11.6 Å². The zero-order valence-electron chi connectivity index (χ0n) is 42.9. The van der Waals surface area contributed by atoms with Crippen LogP contribution in [0.3, 0.4) is 0 Å². The molecule has 0 bridgehead atoms. The van der Waals surface area contributed by atoms with Gasteiger partial charge in [0.2, 0.25) is 0 Å². The number of hydrogen-bond acceptors (Lipinski definition) is 14. The van der Waals surface area contributed by atoms with Crippen LogP contribution in [0.5, 0.6) is 0 Å². The summed E-state index contributed by atoms with van der Waals surface area (Å²) in [5.41, 5.74) is 2.96. The number of nitrogens with zero attached hydrogens (tertiary/aromatic N) is 6. The van der Waals surface area contributed by atoms with E-state index in [0.717, 1.165) is 88.8 Å². The Kier molecular flexibility index (Phi) is 20.6. The highest BCUT2D eigenvalue weighted by atomic mass is 19.1. The Labute approximate surface area is 425 Å². The summed E-state index contributed by atoms with van der Waals surface area (Å²) < 4.78 is 50.9. The smallest absolute Gasteiger partial charge is 0.150 e. The van der Waals surface area contributed by atoms with E-state index in [0.29, 0.717) is 135 Å². The van der Waals surface area contributed by atoms with Crippen molar-refractivity contribution in [3.05, 3.63) is 83.9 Å². The van der Waals surface area contributed by atoms with Crippen molar-refractivity contribution in [3.63, 3.8) is 0 Å². The highest BCUT2D eigenvalue weighted by Crippen LogP contribution is 2.34. The number of pyridine rings is 4. The average molecular weight is 991 g/mol. The SMILES string of the molecule is COC[C@@H](C)NC1CCC(Cc2cc(-c3cccc(NCC4(C#N)CCOCC4)n3)c(F)cn2)CC1.COC[C@H](C)NC1CCC(Cc2cc(-c3cccc(NCC4(C#N)CCOCC4)n3)c(F)cn2)CC1. The van der Waals surface area contributed by atoms with E-state index in [1.807, 2.05) is 48.5 Å². The highest BCUT2D eigenvalue weighted by Gasteiger charge is 2.34. The fourth-order valence-electron chi connectivity index (χ4n) is 10.7. The molecule has 4 fully saturated rings. The molecule has 2 saturated carbocycles. The second-order valence-electron chi connectivity index (χ2n) is 20.7. The van der Waals surface area contributed by atoms with Crippen molar-refractivity contribution in [1.82, 2.24) is 30.6 Å². The third kappa shape index (κ3) is 15.9. The van der Waals surface area contributed by atoms with Gasteiger partial charge in [-0.3, -0.25) is 9.97 Å². The van der Waals surface area contributed by atoms with Gasteiger partial charge in [-0.2, -0.15) is 10.5 Å². The van der Waals surface area contributed by atoms with Gasteiger partial charge in [-0.1, -0.05) is 12.1 Å². The molecule has 0 aromatic carbocycles. The van der Waals surface area contributed by atoms with E-state index < -0.39 is 10.8 Å². The zero-order chi connectivity index (χ0) is 50.8. The lowest BCUT2D eigenvalue weighted by Gasteiger charge is -2.31. The van der Waals surface area contributed by atoms with E-state index in [1.165, 1.54) is 12.4 Å². The van der Waals surface area contributed by atoms with Crippen molar-refractivity contribution in [3.8, 4) is 34.7 Å². The molecule has 16 heteroatoms. The minimum atomic E-state index is -0.457. The number of anilines is 2. The molecule has 0 spiro atoms. The molecule has 2 saturated heterocycles. The summed E-state index contributed by atoms with van der Waals surface area (Å²) in [6.45, 7) is 9.14. The average Bonchev–Trinajstić information content (AvgIpc) is 3.41. The summed E-state index contributed by atoms with van der Waals surface area (Å²) in [7, 11) is 3.47. The van der Waals surface area contributed by atoms with Crippen molar-refractivity contribution in [2.24, 2.45) is 22.7 Å². The zero-order valence-corrected chi connectivity index (χ0v) is 42.9. The maximum absolute atomic E-state index is 14.8. The van der Waals surface area contributed by atoms with Crippen LogP contribution in [-0.4, -0.2) is 111 Å². The number of nitriles is 2. The number of nitrogens with one attached hydrogen (secondary N) is 4. The molecule has 0 radical (unpaired) electrons. The largest absolute Gasteiger partial charge is 0.383 e. The Balaban J connectivity index is 0.000000211. The van der Waals surface area contributed by atoms with Crippen molar-refractivity contribution in [2.45, 2.75) is 128 Å². The molecule has 4 N–H and O–H groups in total. The predicted octanol–water partition coefficient (Wildman–Crippen LogP) is 9.48. The maximum atomic E-state index is 14.8. The van der Waals surface area contributed by atoms with Gasteiger partial charge in [0.1, 0.15) is 11.6 Å². The molecule has 2 aliphatic heterocycles. The number of hydrogen-bond donors (Lipinski definition) is 4. The molecule has 2 aliphatic carbocycles. The van der Waals surface area contributed by atoms with Gasteiger partial charge in [0.25, 0.3) is 0 Å². The Morgan fingerprint density at radius 2 is 1.01 bits per heavy atom. The summed E-state index contributed by atoms with van der Waals surface area (Å²) in [5.74, 6) is 1.63. The second-order valence-corrected chi connectivity index (χ2v) is 20.7. The lowest BCUT2D eigenvalue weighted by Crippen LogP contribution is -2.41. The van der Waals surface area contributed by atoms with Crippen LogP contribution in [0, 0.1) is 57.0 Å². The monoisotopic (exact) mass is 991 g/mol. The molecule has 14 nitrogen and oxygen atoms in total. The molecular weight excluding hydrogens is 915 g/mol. The number of rotatable bonds is 20. The van der Waals surface area contributed by atoms with Crippen molar-refractivity contribution < 1.29 is 27.7 Å². The summed E-state index contributed by atoms with van der Waals surface area (Å²) in [4.78, 5) is 18.1. The second kappa shape index (κ2) is 27.2. The predicted molar refractivity (Wildman–Crippen MR) is 276 cm³/mol. The first-order valence-corrected chi connectivity index (χ1v) is 26.2. The van der Waals surface area contributed by atoms with E-state index in [9.17, 15) is 19.3 Å². The molecule has 0 unspecified atom stereocenters. The number of methoxy groups -OCH3 is 2. The van der Waals surface area contributed by atoms with Crippen LogP contribution in [-0.2, 0) is 31.8 Å². The Hall–Kier alpha value is -5.20. The molecule has 4 aliphatic rings. The van der Waals surface area contributed by atoms with Crippen LogP contribution in [0.2, 0.25) is 0 Å². The standard InChI is InChI=1S/2C28H38FN5O2/c2*1-20(17-35-2)33-22-8-6-21(7-9-22)14-23-15-24(25(29)16-31-23)26-4-3-5-27(34-26)32-19-28(18-30)10-12-36-13-11-28/h2*3-5,15-16,20-22,33H,6-14,17,19H2,1-2H3,(H,32,34)/t2*20-,21?,22?/m10/s1. The van der Waals surface area contributed by atoms with Crippen LogP contribution in [0.1, 0.15) is 102 Å². The molecule has 2 atom stereocenters. The van der Waals surface area contributed by atoms with Crippen molar-refractivity contribution in [1.29, 1.82) is 10.5 Å². The van der Waals surface area contributed by atoms with E-state index in [1.54, 1.807) is 14.2 Å². The van der Waals surface area contributed by atoms with Crippen LogP contribution in [0.25, 0.3) is 22.5 Å². The minimum Gasteiger partial charge on any atom is -0.383 e. The number of halogens is 2. The minimum absolute atomic E-state index is 0.359. The Morgan fingerprint density at radius 1 is 0.625 bits per heavy atom. The van der Waals surface area contributed by atoms with E-state index >= 15 is 0 Å². The summed E-state index contributed by atoms with van der Waals surface area (Å²) in [6, 6.07) is 21.5. The lowest BCUT2D eigenvalue weighted by molar-refractivity contribution is 0.0454. The fourth-order valence-corrected chi connectivity index (χ4v) is 10.7. The summed E-state index contributed by atoms with van der Waals surface area (Å²) >= 11 is 0. The number of aromatic nitrogens is 4. The molecule has 4 aromatic rings. The molecule has 388 valence electrons. The van der Waals surface area contributed by atoms with E-state index in [2.05, 4.69) is 67.2 Å². The van der Waals surface area contributed by atoms with Gasteiger partial charge in [-0.25, -0.2) is 18.7 Å². The molecule has 8 rings (SSSR count). The van der Waals surface area contributed by atoms with Gasteiger partial charge in [0.15, 0.2) is 11.6 Å². The van der Waals surface area contributed by atoms with Crippen LogP contribution >= 0.6 is 0 Å². The summed E-state index contributed by atoms with van der Waals surface area (Å²) in [5, 5.41) is 33.3. The summed E-state index contributed by atoms with van der Waals surface area (Å²) in [6.07, 6.45) is 16.2. The lowest BCUT2D eigenvalue weighted by atomic mass is 9.82. The van der Waals surface area contributed by atoms with Crippen molar-refractivity contribution in [2.75, 3.05) is 77.6 Å². The highest BCUT2D eigenvalue weighted by molar-refractivity contribution is 5.63. The topological polar surface area (TPSA) is 184 Å². The molecular formula is C56H76F2N10O4. The first-order chi connectivity index (χ1) is 35.0. The molecule has 4 aromatic heterocycles. The van der Waals surface area contributed by atoms with Gasteiger partial charge in [0, 0.05) is 100 Å². The van der Waals surface area contributed by atoms with Gasteiger partial charge >= 0.3 is 0 Å². The molecule has 6 heterocycles. The first-order valence-electron chi connectivity index (χ1n) is 26.2. The van der Waals surface area contributed by atoms with Crippen LogP contribution in [0.15, 0.2) is 60.9 Å². The fraction of sp³-hybridized carbons (Fsp3) is 0.607. The number of ether oxygens (including phenoxy) is 4. The first kappa shape index (κ1) is 54.6. The van der Waals surface area contributed by atoms with Gasteiger partial charge in [0.05, 0.1) is 60.0 Å². The van der Waals surface area contributed by atoms with E-state index in [4.69, 9.17) is 18.9 Å². The quantitative estimate of drug-likeness (QED) is 0.0657. The third-order valence-electron chi connectivity index (χ3n) is 15.0. The van der Waals surface area contributed by atoms with Gasteiger partial charge < -0.3 is 40.2 Å². The van der Waals surface area contributed by atoms with Crippen molar-refractivity contribution >= 4 is 11.6 Å². The Morgan fingerprint density at radius 3 is 1.38 bits per heavy atom. The molecule has 72 heavy (non-hydrogen) atoms. The van der Waals surface area contributed by atoms with Gasteiger partial charge in [-0.15, -0.1) is 0 Å². The maximum Gasteiger partial charge on any atom is 0.150 e. The van der Waals surface area contributed by atoms with Crippen LogP contribution < -0.4 is 21.3 Å². The van der Waals surface area contributed by atoms with Crippen LogP contribution in [0.4, 0.5) is 20.4 Å². The normalized spacial score (nSPS) is 22.5. The molecule has 0 amide bonds.